The highest BCUT2D eigenvalue weighted by Crippen LogP contribution is 2.41. The van der Waals surface area contributed by atoms with Crippen LogP contribution in [0.15, 0.2) is 0 Å². The van der Waals surface area contributed by atoms with Gasteiger partial charge in [-0.3, -0.25) is 0 Å². The minimum atomic E-state index is 0.538. The second kappa shape index (κ2) is 3.60. The molecule has 0 aliphatic heterocycles. The Labute approximate surface area is 71.4 Å². The first-order chi connectivity index (χ1) is 5.19. The smallest absolute Gasteiger partial charge is 0.0272 e. The van der Waals surface area contributed by atoms with Gasteiger partial charge in [-0.1, -0.05) is 46.5 Å². The zero-order valence-corrected chi connectivity index (χ0v) is 8.19. The first-order valence-electron chi connectivity index (χ1n) is 4.99. The van der Waals surface area contributed by atoms with E-state index in [0.717, 1.165) is 5.92 Å². The molecule has 0 aromatic heterocycles. The van der Waals surface area contributed by atoms with Gasteiger partial charge < -0.3 is 0 Å². The molecule has 0 nitrogen and oxygen atoms in total. The highest BCUT2D eigenvalue weighted by Gasteiger charge is 2.30. The van der Waals surface area contributed by atoms with E-state index in [4.69, 9.17) is 0 Å². The Hall–Kier alpha value is 0. The first kappa shape index (κ1) is 9.09. The van der Waals surface area contributed by atoms with E-state index in [1.54, 1.807) is 0 Å². The minimum Gasteiger partial charge on any atom is -0.0620 e. The topological polar surface area (TPSA) is 0 Å². The van der Waals surface area contributed by atoms with Crippen LogP contribution in [0, 0.1) is 17.8 Å². The van der Waals surface area contributed by atoms with Crippen molar-refractivity contribution in [3.05, 3.63) is 6.42 Å². The van der Waals surface area contributed by atoms with Gasteiger partial charge in [0.15, 0.2) is 0 Å². The lowest BCUT2D eigenvalue weighted by atomic mass is 9.73. The van der Waals surface area contributed by atoms with E-state index in [1.165, 1.54) is 32.1 Å². The summed E-state index contributed by atoms with van der Waals surface area (Å²) in [6.45, 7) is 7.05. The summed E-state index contributed by atoms with van der Waals surface area (Å²) in [7, 11) is 0. The molecular formula is C11H21. The minimum absolute atomic E-state index is 0.538. The molecule has 0 aromatic rings. The van der Waals surface area contributed by atoms with Crippen LogP contribution in [-0.2, 0) is 0 Å². The Morgan fingerprint density at radius 3 is 2.64 bits per heavy atom. The number of hydrogen-bond donors (Lipinski definition) is 0. The van der Waals surface area contributed by atoms with Gasteiger partial charge in [-0.25, -0.2) is 0 Å². The van der Waals surface area contributed by atoms with E-state index in [-0.39, 0.29) is 0 Å². The summed E-state index contributed by atoms with van der Waals surface area (Å²) in [4.78, 5) is 0. The molecule has 1 radical (unpaired) electrons. The Balaban J connectivity index is 2.58. The predicted molar refractivity (Wildman–Crippen MR) is 50.3 cm³/mol. The third-order valence-electron chi connectivity index (χ3n) is 3.64. The SMILES string of the molecule is C[CH]C1(C)CCCCCC1C. The highest BCUT2D eigenvalue weighted by molar-refractivity contribution is 4.91. The van der Waals surface area contributed by atoms with Crippen LogP contribution in [0.5, 0.6) is 0 Å². The van der Waals surface area contributed by atoms with Crippen LogP contribution >= 0.6 is 0 Å². The fourth-order valence-corrected chi connectivity index (χ4v) is 2.14. The number of hydrogen-bond acceptors (Lipinski definition) is 0. The van der Waals surface area contributed by atoms with Crippen molar-refractivity contribution in [2.45, 2.75) is 52.9 Å². The molecule has 1 aliphatic rings. The third-order valence-corrected chi connectivity index (χ3v) is 3.64. The molecule has 0 bridgehead atoms. The van der Waals surface area contributed by atoms with Crippen molar-refractivity contribution in [3.63, 3.8) is 0 Å². The Morgan fingerprint density at radius 2 is 2.00 bits per heavy atom. The largest absolute Gasteiger partial charge is 0.0620 e. The maximum atomic E-state index is 2.42. The quantitative estimate of drug-likeness (QED) is 0.502. The lowest BCUT2D eigenvalue weighted by Crippen LogP contribution is -2.23. The monoisotopic (exact) mass is 153 g/mol. The van der Waals surface area contributed by atoms with Gasteiger partial charge in [0.2, 0.25) is 0 Å². The van der Waals surface area contributed by atoms with Gasteiger partial charge in [-0.15, -0.1) is 0 Å². The Morgan fingerprint density at radius 1 is 1.27 bits per heavy atom. The molecule has 2 unspecified atom stereocenters. The Bertz CT molecular complexity index is 117. The number of rotatable bonds is 1. The molecule has 11 heavy (non-hydrogen) atoms. The Kier molecular flexibility index (Phi) is 2.98. The molecule has 0 N–H and O–H groups in total. The molecule has 0 spiro atoms. The van der Waals surface area contributed by atoms with E-state index in [9.17, 15) is 0 Å². The summed E-state index contributed by atoms with van der Waals surface area (Å²) in [5.74, 6) is 0.898. The van der Waals surface area contributed by atoms with Crippen molar-refractivity contribution >= 4 is 0 Å². The molecule has 0 aromatic carbocycles. The van der Waals surface area contributed by atoms with Crippen LogP contribution in [0.1, 0.15) is 52.9 Å². The molecule has 2 atom stereocenters. The summed E-state index contributed by atoms with van der Waals surface area (Å²) in [6.07, 6.45) is 9.60. The zero-order valence-electron chi connectivity index (χ0n) is 8.19. The van der Waals surface area contributed by atoms with E-state index < -0.39 is 0 Å². The van der Waals surface area contributed by atoms with Crippen molar-refractivity contribution in [3.8, 4) is 0 Å². The van der Waals surface area contributed by atoms with Gasteiger partial charge in [0, 0.05) is 0 Å². The second-order valence-electron chi connectivity index (χ2n) is 4.29. The molecule has 1 aliphatic carbocycles. The third kappa shape index (κ3) is 1.98. The predicted octanol–water partition coefficient (Wildman–Crippen LogP) is 3.82. The molecular weight excluding hydrogens is 132 g/mol. The van der Waals surface area contributed by atoms with Crippen molar-refractivity contribution in [2.75, 3.05) is 0 Å². The highest BCUT2D eigenvalue weighted by atomic mass is 14.3. The molecule has 0 amide bonds. The molecule has 65 valence electrons. The average Bonchev–Trinajstić information content (AvgIpc) is 2.16. The summed E-state index contributed by atoms with van der Waals surface area (Å²) in [6, 6.07) is 0. The van der Waals surface area contributed by atoms with Crippen LogP contribution in [0.3, 0.4) is 0 Å². The van der Waals surface area contributed by atoms with Gasteiger partial charge in [-0.2, -0.15) is 0 Å². The fraction of sp³-hybridized carbons (Fsp3) is 0.909. The maximum Gasteiger partial charge on any atom is -0.0272 e. The lowest BCUT2D eigenvalue weighted by molar-refractivity contribution is 0.233. The average molecular weight is 153 g/mol. The van der Waals surface area contributed by atoms with Crippen molar-refractivity contribution in [2.24, 2.45) is 11.3 Å². The summed E-state index contributed by atoms with van der Waals surface area (Å²) in [5.41, 5.74) is 0.538. The van der Waals surface area contributed by atoms with Crippen LogP contribution in [0.2, 0.25) is 0 Å². The van der Waals surface area contributed by atoms with Gasteiger partial charge in [0.05, 0.1) is 0 Å². The van der Waals surface area contributed by atoms with Crippen LogP contribution in [0.25, 0.3) is 0 Å². The van der Waals surface area contributed by atoms with Crippen molar-refractivity contribution < 1.29 is 0 Å². The molecule has 0 saturated heterocycles. The van der Waals surface area contributed by atoms with E-state index in [1.807, 2.05) is 0 Å². The first-order valence-corrected chi connectivity index (χ1v) is 4.99. The molecule has 1 saturated carbocycles. The normalized spacial score (nSPS) is 40.1. The van der Waals surface area contributed by atoms with Gasteiger partial charge in [0.1, 0.15) is 0 Å². The fourth-order valence-electron chi connectivity index (χ4n) is 2.14. The van der Waals surface area contributed by atoms with Crippen LogP contribution in [-0.4, -0.2) is 0 Å². The molecule has 1 fully saturated rings. The van der Waals surface area contributed by atoms with E-state index in [2.05, 4.69) is 27.2 Å². The van der Waals surface area contributed by atoms with Gasteiger partial charge in [-0.05, 0) is 24.2 Å². The second-order valence-corrected chi connectivity index (χ2v) is 4.29. The zero-order chi connectivity index (χ0) is 8.32. The van der Waals surface area contributed by atoms with E-state index in [0.29, 0.717) is 5.41 Å². The lowest BCUT2D eigenvalue weighted by Gasteiger charge is -2.32. The molecule has 0 heteroatoms. The van der Waals surface area contributed by atoms with Crippen LogP contribution in [0.4, 0.5) is 0 Å². The summed E-state index contributed by atoms with van der Waals surface area (Å²) >= 11 is 0. The van der Waals surface area contributed by atoms with Crippen LogP contribution < -0.4 is 0 Å². The van der Waals surface area contributed by atoms with Crippen molar-refractivity contribution in [1.29, 1.82) is 0 Å². The molecule has 1 rings (SSSR count). The van der Waals surface area contributed by atoms with Gasteiger partial charge >= 0.3 is 0 Å². The van der Waals surface area contributed by atoms with Crippen molar-refractivity contribution in [1.82, 2.24) is 0 Å². The summed E-state index contributed by atoms with van der Waals surface area (Å²) < 4.78 is 0. The maximum absolute atomic E-state index is 2.42. The van der Waals surface area contributed by atoms with E-state index >= 15 is 0 Å². The van der Waals surface area contributed by atoms with Gasteiger partial charge in [0.25, 0.3) is 0 Å². The summed E-state index contributed by atoms with van der Waals surface area (Å²) in [5, 5.41) is 0. The standard InChI is InChI=1S/C11H21/c1-4-11(3)9-7-5-6-8-10(11)2/h4,10H,5-9H2,1-3H3. The molecule has 0 heterocycles.